The summed E-state index contributed by atoms with van der Waals surface area (Å²) in [5, 5.41) is 4.00. The molecule has 0 bridgehead atoms. The van der Waals surface area contributed by atoms with Gasteiger partial charge in [-0.25, -0.2) is 13.8 Å². The number of aromatic nitrogens is 1. The highest BCUT2D eigenvalue weighted by molar-refractivity contribution is 7.16. The number of hydrogen-bond donors (Lipinski definition) is 1. The predicted molar refractivity (Wildman–Crippen MR) is 63.0 cm³/mol. The molecule has 2 rings (SSSR count). The molecule has 0 aromatic carbocycles. The van der Waals surface area contributed by atoms with Gasteiger partial charge in [0.25, 0.3) is 6.43 Å². The molecule has 2 aromatic rings. The second kappa shape index (κ2) is 4.57. The lowest BCUT2D eigenvalue weighted by molar-refractivity contribution is 0.152. The lowest BCUT2D eigenvalue weighted by atomic mass is 10.1. The van der Waals surface area contributed by atoms with E-state index in [1.54, 1.807) is 5.38 Å². The molecule has 0 radical (unpaired) electrons. The minimum absolute atomic E-state index is 0.0836. The van der Waals surface area contributed by atoms with Gasteiger partial charge in [-0.05, 0) is 12.3 Å². The van der Waals surface area contributed by atoms with Crippen LogP contribution in [0.1, 0.15) is 22.7 Å². The van der Waals surface area contributed by atoms with Crippen molar-refractivity contribution in [3.63, 3.8) is 0 Å². The number of halogens is 2. The zero-order valence-corrected chi connectivity index (χ0v) is 10.2. The lowest BCUT2D eigenvalue weighted by Crippen LogP contribution is -1.94. The largest absolute Gasteiger partial charge is 0.325 e. The third kappa shape index (κ3) is 2.00. The summed E-state index contributed by atoms with van der Waals surface area (Å²) >= 11 is 2.67. The third-order valence-electron chi connectivity index (χ3n) is 2.19. The van der Waals surface area contributed by atoms with Crippen molar-refractivity contribution in [1.82, 2.24) is 4.98 Å². The van der Waals surface area contributed by atoms with Gasteiger partial charge in [0.2, 0.25) is 0 Å². The lowest BCUT2D eigenvalue weighted by Gasteiger charge is -2.00. The Bertz CT molecular complexity index is 491. The molecule has 0 atom stereocenters. The Morgan fingerprint density at radius 3 is 2.75 bits per heavy atom. The van der Waals surface area contributed by atoms with E-state index in [4.69, 9.17) is 5.73 Å². The maximum absolute atomic E-state index is 12.7. The molecule has 0 aliphatic heterocycles. The highest BCUT2D eigenvalue weighted by atomic mass is 32.1. The van der Waals surface area contributed by atoms with Crippen LogP contribution in [0.2, 0.25) is 0 Å². The summed E-state index contributed by atoms with van der Waals surface area (Å²) in [6.07, 6.45) is -2.44. The Kier molecular flexibility index (Phi) is 3.32. The molecule has 0 aliphatic carbocycles. The van der Waals surface area contributed by atoms with Gasteiger partial charge >= 0.3 is 0 Å². The first-order valence-electron chi connectivity index (χ1n) is 4.64. The fourth-order valence-electron chi connectivity index (χ4n) is 1.45. The highest BCUT2D eigenvalue weighted by Gasteiger charge is 2.18. The number of nitrogens with two attached hydrogens (primary N) is 1. The minimum Gasteiger partial charge on any atom is -0.325 e. The zero-order chi connectivity index (χ0) is 11.7. The van der Waals surface area contributed by atoms with E-state index in [2.05, 4.69) is 4.98 Å². The average Bonchev–Trinajstić information content (AvgIpc) is 2.82. The molecule has 0 saturated heterocycles. The number of aryl methyl sites for hydroxylation is 1. The van der Waals surface area contributed by atoms with Crippen LogP contribution >= 0.6 is 22.7 Å². The van der Waals surface area contributed by atoms with Gasteiger partial charge in [-0.15, -0.1) is 11.3 Å². The number of nitrogens with zero attached hydrogens (tertiary/aromatic N) is 1. The summed E-state index contributed by atoms with van der Waals surface area (Å²) in [6, 6.07) is 0. The van der Waals surface area contributed by atoms with Crippen LogP contribution in [0.3, 0.4) is 0 Å². The van der Waals surface area contributed by atoms with E-state index in [0.29, 0.717) is 12.1 Å². The van der Waals surface area contributed by atoms with Crippen LogP contribution in [-0.4, -0.2) is 4.98 Å². The molecule has 0 saturated carbocycles. The predicted octanol–water partition coefficient (Wildman–Crippen LogP) is 3.58. The van der Waals surface area contributed by atoms with Crippen LogP contribution in [0.25, 0.3) is 10.4 Å². The van der Waals surface area contributed by atoms with Crippen molar-refractivity contribution in [2.75, 3.05) is 0 Å². The van der Waals surface area contributed by atoms with Gasteiger partial charge in [0.1, 0.15) is 5.01 Å². The van der Waals surface area contributed by atoms with Gasteiger partial charge in [0.15, 0.2) is 0 Å². The monoisotopic (exact) mass is 260 g/mol. The summed E-state index contributed by atoms with van der Waals surface area (Å²) in [5.74, 6) is 0. The Labute approximate surface area is 99.8 Å². The zero-order valence-electron chi connectivity index (χ0n) is 8.54. The molecule has 2 aromatic heterocycles. The quantitative estimate of drug-likeness (QED) is 0.916. The molecular weight excluding hydrogens is 250 g/mol. The molecule has 16 heavy (non-hydrogen) atoms. The normalized spacial score (nSPS) is 11.3. The minimum atomic E-state index is -2.44. The SMILES string of the molecule is Cc1nc(CN)sc1-c1cscc1C(F)F. The molecule has 6 heteroatoms. The fraction of sp³-hybridized carbons (Fsp3) is 0.300. The number of thiazole rings is 1. The Morgan fingerprint density at radius 2 is 2.19 bits per heavy atom. The summed E-state index contributed by atoms with van der Waals surface area (Å²) in [4.78, 5) is 5.04. The Morgan fingerprint density at radius 1 is 1.44 bits per heavy atom. The molecule has 0 amide bonds. The molecule has 0 aliphatic rings. The van der Waals surface area contributed by atoms with Crippen molar-refractivity contribution < 1.29 is 8.78 Å². The first-order chi connectivity index (χ1) is 7.63. The van der Waals surface area contributed by atoms with Crippen molar-refractivity contribution in [2.45, 2.75) is 19.9 Å². The van der Waals surface area contributed by atoms with Crippen LogP contribution in [0.4, 0.5) is 8.78 Å². The smallest absolute Gasteiger partial charge is 0.265 e. The van der Waals surface area contributed by atoms with Crippen molar-refractivity contribution in [3.05, 3.63) is 27.0 Å². The molecule has 2 nitrogen and oxygen atoms in total. The van der Waals surface area contributed by atoms with Crippen molar-refractivity contribution in [2.24, 2.45) is 5.73 Å². The first-order valence-corrected chi connectivity index (χ1v) is 6.40. The van der Waals surface area contributed by atoms with Gasteiger partial charge in [-0.1, -0.05) is 0 Å². The standard InChI is InChI=1S/C10H10F2N2S2/c1-5-9(16-8(2-13)14-5)6-3-15-4-7(6)10(11)12/h3-4,10H,2,13H2,1H3. The average molecular weight is 260 g/mol. The van der Waals surface area contributed by atoms with Gasteiger partial charge in [-0.2, -0.15) is 11.3 Å². The van der Waals surface area contributed by atoms with Gasteiger partial charge in [0.05, 0.1) is 10.6 Å². The van der Waals surface area contributed by atoms with Crippen LogP contribution < -0.4 is 5.73 Å². The second-order valence-electron chi connectivity index (χ2n) is 3.27. The first kappa shape index (κ1) is 11.6. The maximum Gasteiger partial charge on any atom is 0.265 e. The second-order valence-corrected chi connectivity index (χ2v) is 5.09. The van der Waals surface area contributed by atoms with Crippen LogP contribution in [0, 0.1) is 6.92 Å². The van der Waals surface area contributed by atoms with Crippen LogP contribution in [0.5, 0.6) is 0 Å². The van der Waals surface area contributed by atoms with Crippen molar-refractivity contribution in [3.8, 4) is 10.4 Å². The van der Waals surface area contributed by atoms with Crippen molar-refractivity contribution in [1.29, 1.82) is 0 Å². The van der Waals surface area contributed by atoms with E-state index >= 15 is 0 Å². The number of hydrogen-bond acceptors (Lipinski definition) is 4. The van der Waals surface area contributed by atoms with E-state index < -0.39 is 6.43 Å². The Balaban J connectivity index is 2.49. The topological polar surface area (TPSA) is 38.9 Å². The number of alkyl halides is 2. The van der Waals surface area contributed by atoms with E-state index in [1.807, 2.05) is 6.92 Å². The van der Waals surface area contributed by atoms with E-state index in [0.717, 1.165) is 15.6 Å². The van der Waals surface area contributed by atoms with Crippen LogP contribution in [0.15, 0.2) is 10.8 Å². The summed E-state index contributed by atoms with van der Waals surface area (Å²) < 4.78 is 25.5. The molecular formula is C10H10F2N2S2. The van der Waals surface area contributed by atoms with E-state index in [-0.39, 0.29) is 5.56 Å². The molecule has 86 valence electrons. The van der Waals surface area contributed by atoms with Gasteiger partial charge in [0, 0.05) is 23.1 Å². The molecule has 0 fully saturated rings. The molecule has 2 heterocycles. The van der Waals surface area contributed by atoms with Gasteiger partial charge in [-0.3, -0.25) is 0 Å². The van der Waals surface area contributed by atoms with E-state index in [1.165, 1.54) is 28.1 Å². The van der Waals surface area contributed by atoms with Crippen molar-refractivity contribution >= 4 is 22.7 Å². The number of rotatable bonds is 3. The number of thiophene rings is 1. The fourth-order valence-corrected chi connectivity index (χ4v) is 3.34. The van der Waals surface area contributed by atoms with Crippen LogP contribution in [-0.2, 0) is 6.54 Å². The summed E-state index contributed by atoms with van der Waals surface area (Å²) in [5.41, 5.74) is 6.93. The summed E-state index contributed by atoms with van der Waals surface area (Å²) in [7, 11) is 0. The third-order valence-corrected chi connectivity index (χ3v) is 4.16. The molecule has 2 N–H and O–H groups in total. The highest BCUT2D eigenvalue weighted by Crippen LogP contribution is 2.38. The maximum atomic E-state index is 12.7. The summed E-state index contributed by atoms with van der Waals surface area (Å²) in [6.45, 7) is 2.16. The molecule has 0 spiro atoms. The van der Waals surface area contributed by atoms with Gasteiger partial charge < -0.3 is 5.73 Å². The molecule has 0 unspecified atom stereocenters. The Hall–Kier alpha value is -0.850. The van der Waals surface area contributed by atoms with E-state index in [9.17, 15) is 8.78 Å².